The van der Waals surface area contributed by atoms with Gasteiger partial charge in [-0.2, -0.15) is 0 Å². The third-order valence-electron chi connectivity index (χ3n) is 3.19. The minimum Gasteiger partial charge on any atom is -0.294 e. The molecule has 0 amide bonds. The molecule has 2 aromatic carbocycles. The Balaban J connectivity index is 1.82. The Labute approximate surface area is 129 Å². The molecule has 0 spiro atoms. The molecule has 104 valence electrons. The number of aryl methyl sites for hydroxylation is 1. The van der Waals surface area contributed by atoms with Crippen molar-refractivity contribution >= 4 is 29.0 Å². The number of carbonyl (C=O) groups is 1. The summed E-state index contributed by atoms with van der Waals surface area (Å²) in [6.45, 7) is 0. The highest BCUT2D eigenvalue weighted by Crippen LogP contribution is 2.22. The summed E-state index contributed by atoms with van der Waals surface area (Å²) in [5.41, 5.74) is 1.83. The lowest BCUT2D eigenvalue weighted by atomic mass is 10.0. The van der Waals surface area contributed by atoms with Gasteiger partial charge in [0, 0.05) is 17.0 Å². The van der Waals surface area contributed by atoms with E-state index in [1.54, 1.807) is 18.2 Å². The number of halogens is 2. The van der Waals surface area contributed by atoms with Gasteiger partial charge in [0.25, 0.3) is 0 Å². The molecule has 2 aromatic rings. The molecule has 0 radical (unpaired) electrons. The zero-order valence-corrected chi connectivity index (χ0v) is 12.6. The van der Waals surface area contributed by atoms with Crippen LogP contribution in [-0.2, 0) is 6.42 Å². The molecule has 0 aliphatic heterocycles. The second-order valence-electron chi connectivity index (χ2n) is 4.74. The summed E-state index contributed by atoms with van der Waals surface area (Å²) in [4.78, 5) is 12.1. The van der Waals surface area contributed by atoms with Gasteiger partial charge >= 0.3 is 0 Å². The minimum atomic E-state index is 0.0607. The molecule has 2 rings (SSSR count). The number of Topliss-reactive ketones (excluding diaryl/α,β-unsaturated/α-hetero) is 1. The van der Waals surface area contributed by atoms with Gasteiger partial charge in [-0.25, -0.2) is 0 Å². The van der Waals surface area contributed by atoms with Crippen molar-refractivity contribution in [2.45, 2.75) is 25.7 Å². The molecule has 0 bridgehead atoms. The van der Waals surface area contributed by atoms with E-state index in [0.717, 1.165) is 19.3 Å². The number of benzene rings is 2. The number of carbonyl (C=O) groups excluding carboxylic acids is 1. The van der Waals surface area contributed by atoms with Crippen LogP contribution in [0.15, 0.2) is 48.5 Å². The molecule has 0 aliphatic rings. The number of hydrogen-bond donors (Lipinski definition) is 0. The Hall–Kier alpha value is -1.31. The van der Waals surface area contributed by atoms with Crippen LogP contribution in [0.2, 0.25) is 10.0 Å². The average molecular weight is 307 g/mol. The van der Waals surface area contributed by atoms with Gasteiger partial charge < -0.3 is 0 Å². The van der Waals surface area contributed by atoms with E-state index >= 15 is 0 Å². The Morgan fingerprint density at radius 3 is 2.45 bits per heavy atom. The van der Waals surface area contributed by atoms with Crippen molar-refractivity contribution in [3.05, 3.63) is 69.7 Å². The maximum atomic E-state index is 12.1. The Morgan fingerprint density at radius 1 is 0.950 bits per heavy atom. The lowest BCUT2D eigenvalue weighted by molar-refractivity contribution is 0.0979. The second kappa shape index (κ2) is 7.47. The van der Waals surface area contributed by atoms with Gasteiger partial charge in [0.05, 0.1) is 5.02 Å². The Bertz CT molecular complexity index is 579. The molecule has 0 fully saturated rings. The first-order valence-corrected chi connectivity index (χ1v) is 7.44. The van der Waals surface area contributed by atoms with Gasteiger partial charge in [-0.15, -0.1) is 0 Å². The molecule has 3 heteroatoms. The zero-order chi connectivity index (χ0) is 14.4. The predicted molar refractivity (Wildman–Crippen MR) is 84.8 cm³/mol. The van der Waals surface area contributed by atoms with Crippen molar-refractivity contribution in [2.24, 2.45) is 0 Å². The van der Waals surface area contributed by atoms with E-state index in [9.17, 15) is 4.79 Å². The molecular formula is C17H16Cl2O. The molecule has 0 atom stereocenters. The third kappa shape index (κ3) is 4.36. The Morgan fingerprint density at radius 2 is 1.70 bits per heavy atom. The molecule has 0 aromatic heterocycles. The van der Waals surface area contributed by atoms with Gasteiger partial charge in [0.2, 0.25) is 0 Å². The van der Waals surface area contributed by atoms with Gasteiger partial charge in [0.15, 0.2) is 5.78 Å². The predicted octanol–water partition coefficient (Wildman–Crippen LogP) is 5.59. The van der Waals surface area contributed by atoms with Crippen LogP contribution in [0.4, 0.5) is 0 Å². The SMILES string of the molecule is O=C(CCCCc1ccccc1)c1cc(Cl)ccc1Cl. The van der Waals surface area contributed by atoms with Gasteiger partial charge in [-0.05, 0) is 43.0 Å². The molecule has 1 nitrogen and oxygen atoms in total. The van der Waals surface area contributed by atoms with Crippen molar-refractivity contribution < 1.29 is 4.79 Å². The smallest absolute Gasteiger partial charge is 0.164 e. The quantitative estimate of drug-likeness (QED) is 0.502. The standard InChI is InChI=1S/C17H16Cl2O/c18-14-10-11-16(19)15(12-14)17(20)9-5-4-8-13-6-2-1-3-7-13/h1-3,6-7,10-12H,4-5,8-9H2. The number of ketones is 1. The van der Waals surface area contributed by atoms with Crippen LogP contribution in [0.25, 0.3) is 0 Å². The molecular weight excluding hydrogens is 291 g/mol. The van der Waals surface area contributed by atoms with Crippen LogP contribution in [0.3, 0.4) is 0 Å². The van der Waals surface area contributed by atoms with E-state index in [0.29, 0.717) is 22.0 Å². The summed E-state index contributed by atoms with van der Waals surface area (Å²) in [5, 5.41) is 1.02. The highest BCUT2D eigenvalue weighted by molar-refractivity contribution is 6.35. The lowest BCUT2D eigenvalue weighted by Gasteiger charge is -2.05. The van der Waals surface area contributed by atoms with Crippen LogP contribution in [0.1, 0.15) is 35.2 Å². The second-order valence-corrected chi connectivity index (χ2v) is 5.58. The molecule has 0 aliphatic carbocycles. The van der Waals surface area contributed by atoms with Crippen molar-refractivity contribution in [3.63, 3.8) is 0 Å². The largest absolute Gasteiger partial charge is 0.294 e. The van der Waals surface area contributed by atoms with Crippen molar-refractivity contribution in [1.82, 2.24) is 0 Å². The number of hydrogen-bond acceptors (Lipinski definition) is 1. The average Bonchev–Trinajstić information content (AvgIpc) is 2.47. The summed E-state index contributed by atoms with van der Waals surface area (Å²) in [5.74, 6) is 0.0607. The monoisotopic (exact) mass is 306 g/mol. The number of unbranched alkanes of at least 4 members (excludes halogenated alkanes) is 1. The van der Waals surface area contributed by atoms with E-state index in [2.05, 4.69) is 12.1 Å². The molecule has 0 N–H and O–H groups in total. The van der Waals surface area contributed by atoms with E-state index in [-0.39, 0.29) is 5.78 Å². The first-order chi connectivity index (χ1) is 9.66. The maximum Gasteiger partial charge on any atom is 0.164 e. The van der Waals surface area contributed by atoms with Gasteiger partial charge in [-0.3, -0.25) is 4.79 Å². The Kier molecular flexibility index (Phi) is 5.63. The highest BCUT2D eigenvalue weighted by atomic mass is 35.5. The summed E-state index contributed by atoms with van der Waals surface area (Å²) in [6, 6.07) is 15.3. The first kappa shape index (κ1) is 15.1. The van der Waals surface area contributed by atoms with Crippen LogP contribution in [-0.4, -0.2) is 5.78 Å². The van der Waals surface area contributed by atoms with Crippen molar-refractivity contribution in [1.29, 1.82) is 0 Å². The zero-order valence-electron chi connectivity index (χ0n) is 11.1. The van der Waals surface area contributed by atoms with E-state index < -0.39 is 0 Å². The molecule has 0 heterocycles. The summed E-state index contributed by atoms with van der Waals surface area (Å²) in [6.07, 6.45) is 3.36. The fourth-order valence-electron chi connectivity index (χ4n) is 2.11. The van der Waals surface area contributed by atoms with Gasteiger partial charge in [0.1, 0.15) is 0 Å². The normalized spacial score (nSPS) is 10.5. The molecule has 20 heavy (non-hydrogen) atoms. The van der Waals surface area contributed by atoms with Gasteiger partial charge in [-0.1, -0.05) is 53.5 Å². The fourth-order valence-corrected chi connectivity index (χ4v) is 2.50. The summed E-state index contributed by atoms with van der Waals surface area (Å²) < 4.78 is 0. The summed E-state index contributed by atoms with van der Waals surface area (Å²) >= 11 is 11.9. The third-order valence-corrected chi connectivity index (χ3v) is 3.76. The van der Waals surface area contributed by atoms with Crippen LogP contribution in [0, 0.1) is 0 Å². The van der Waals surface area contributed by atoms with Crippen LogP contribution < -0.4 is 0 Å². The maximum absolute atomic E-state index is 12.1. The molecule has 0 unspecified atom stereocenters. The van der Waals surface area contributed by atoms with Crippen LogP contribution in [0.5, 0.6) is 0 Å². The summed E-state index contributed by atoms with van der Waals surface area (Å²) in [7, 11) is 0. The van der Waals surface area contributed by atoms with Crippen molar-refractivity contribution in [3.8, 4) is 0 Å². The fraction of sp³-hybridized carbons (Fsp3) is 0.235. The first-order valence-electron chi connectivity index (χ1n) is 6.69. The van der Waals surface area contributed by atoms with E-state index in [4.69, 9.17) is 23.2 Å². The molecule has 0 saturated carbocycles. The van der Waals surface area contributed by atoms with E-state index in [1.165, 1.54) is 5.56 Å². The van der Waals surface area contributed by atoms with Crippen LogP contribution >= 0.6 is 23.2 Å². The molecule has 0 saturated heterocycles. The van der Waals surface area contributed by atoms with Crippen molar-refractivity contribution in [2.75, 3.05) is 0 Å². The topological polar surface area (TPSA) is 17.1 Å². The highest BCUT2D eigenvalue weighted by Gasteiger charge is 2.10. The number of rotatable bonds is 6. The minimum absolute atomic E-state index is 0.0607. The lowest BCUT2D eigenvalue weighted by Crippen LogP contribution is -2.00. The van der Waals surface area contributed by atoms with E-state index in [1.807, 2.05) is 18.2 Å².